The van der Waals surface area contributed by atoms with E-state index in [-0.39, 0.29) is 5.04 Å². The van der Waals surface area contributed by atoms with Gasteiger partial charge >= 0.3 is 26.7 Å². The highest BCUT2D eigenvalue weighted by molar-refractivity contribution is 6.82. The molecular weight excluding hydrogens is 416 g/mol. The Morgan fingerprint density at radius 2 is 0.714 bits per heavy atom. The smallest absolute Gasteiger partial charge is 0.370 e. The Kier molecular flexibility index (Phi) is 13.0. The summed E-state index contributed by atoms with van der Waals surface area (Å²) < 4.78 is 48.7. The van der Waals surface area contributed by atoms with E-state index in [1.165, 1.54) is 0 Å². The third-order valence-corrected chi connectivity index (χ3v) is 15.6. The largest absolute Gasteiger partial charge is 0.670 e. The highest BCUT2D eigenvalue weighted by atomic mass is 28.5. The minimum Gasteiger partial charge on any atom is -0.370 e. The summed E-state index contributed by atoms with van der Waals surface area (Å²) in [7, 11) is -9.91. The highest BCUT2D eigenvalue weighted by Crippen LogP contribution is 2.42. The van der Waals surface area contributed by atoms with Gasteiger partial charge in [-0.05, 0) is 48.1 Å². The van der Waals surface area contributed by atoms with Gasteiger partial charge in [0.2, 0.25) is 0 Å². The molecular formula is C17H42O8Si3. The molecule has 0 atom stereocenters. The van der Waals surface area contributed by atoms with Gasteiger partial charge in [0.1, 0.15) is 0 Å². The minimum atomic E-state index is -3.42. The molecule has 11 heteroatoms. The summed E-state index contributed by atoms with van der Waals surface area (Å²) in [6.07, 6.45) is 0. The third-order valence-electron chi connectivity index (χ3n) is 3.93. The second-order valence-corrected chi connectivity index (χ2v) is 15.8. The van der Waals surface area contributed by atoms with Crippen LogP contribution < -0.4 is 0 Å². The Morgan fingerprint density at radius 1 is 0.500 bits per heavy atom. The summed E-state index contributed by atoms with van der Waals surface area (Å²) in [5, 5.41) is -0.361. The van der Waals surface area contributed by atoms with Crippen LogP contribution in [-0.4, -0.2) is 66.3 Å². The molecule has 0 aliphatic heterocycles. The lowest BCUT2D eigenvalue weighted by atomic mass is 10.3. The van der Waals surface area contributed by atoms with Gasteiger partial charge in [0.15, 0.2) is 0 Å². The van der Waals surface area contributed by atoms with Gasteiger partial charge in [0.05, 0.1) is 0 Å². The Morgan fingerprint density at radius 3 is 0.857 bits per heavy atom. The van der Waals surface area contributed by atoms with Crippen molar-refractivity contribution in [2.45, 2.75) is 73.9 Å². The molecule has 0 aromatic heterocycles. The molecule has 0 rings (SSSR count). The predicted octanol–water partition coefficient (Wildman–Crippen LogP) is 3.98. The monoisotopic (exact) mass is 458 g/mol. The predicted molar refractivity (Wildman–Crippen MR) is 115 cm³/mol. The maximum Gasteiger partial charge on any atom is 0.670 e. The van der Waals surface area contributed by atoms with Crippen molar-refractivity contribution in [1.29, 1.82) is 0 Å². The van der Waals surface area contributed by atoms with Gasteiger partial charge < -0.3 is 34.8 Å². The molecule has 0 aliphatic rings. The Bertz CT molecular complexity index is 358. The van der Waals surface area contributed by atoms with Gasteiger partial charge in [-0.25, -0.2) is 0 Å². The molecule has 0 aliphatic carbocycles. The van der Waals surface area contributed by atoms with E-state index in [9.17, 15) is 0 Å². The topological polar surface area (TPSA) is 73.8 Å². The van der Waals surface area contributed by atoms with Gasteiger partial charge in [-0.2, -0.15) is 0 Å². The number of rotatable bonds is 16. The van der Waals surface area contributed by atoms with Crippen LogP contribution in [0.25, 0.3) is 0 Å². The number of hydrogen-bond acceptors (Lipinski definition) is 8. The van der Waals surface area contributed by atoms with E-state index in [1.54, 1.807) is 0 Å². The maximum atomic E-state index is 6.59. The zero-order valence-electron chi connectivity index (χ0n) is 19.5. The van der Waals surface area contributed by atoms with Crippen LogP contribution in [0.2, 0.25) is 11.6 Å². The molecule has 0 spiro atoms. The van der Waals surface area contributed by atoms with Crippen molar-refractivity contribution in [2.24, 2.45) is 0 Å². The molecule has 0 aromatic rings. The average molecular weight is 459 g/mol. The third kappa shape index (κ3) is 8.22. The van der Waals surface area contributed by atoms with Gasteiger partial charge in [-0.15, -0.1) is 0 Å². The van der Waals surface area contributed by atoms with Crippen LogP contribution in [0.3, 0.4) is 0 Å². The zero-order chi connectivity index (χ0) is 21.9. The summed E-state index contributed by atoms with van der Waals surface area (Å²) in [5.41, 5.74) is 0. The van der Waals surface area contributed by atoms with E-state index in [4.69, 9.17) is 34.8 Å². The lowest BCUT2D eigenvalue weighted by Gasteiger charge is -2.45. The van der Waals surface area contributed by atoms with Crippen molar-refractivity contribution in [3.05, 3.63) is 0 Å². The highest BCUT2D eigenvalue weighted by Gasteiger charge is 2.62. The molecule has 0 radical (unpaired) electrons. The quantitative estimate of drug-likeness (QED) is 0.322. The van der Waals surface area contributed by atoms with Crippen molar-refractivity contribution in [1.82, 2.24) is 0 Å². The average Bonchev–Trinajstić information content (AvgIpc) is 2.55. The van der Waals surface area contributed by atoms with E-state index in [1.807, 2.05) is 48.1 Å². The molecule has 0 saturated carbocycles. The second kappa shape index (κ2) is 12.9. The van der Waals surface area contributed by atoms with Crippen LogP contribution in [0.15, 0.2) is 0 Å². The van der Waals surface area contributed by atoms with Crippen molar-refractivity contribution in [3.63, 3.8) is 0 Å². The molecule has 0 amide bonds. The Balaban J connectivity index is 6.12. The summed E-state index contributed by atoms with van der Waals surface area (Å²) in [6, 6.07) is 0. The fraction of sp³-hybridized carbons (Fsp3) is 1.00. The van der Waals surface area contributed by atoms with E-state index in [0.717, 1.165) is 0 Å². The first-order valence-corrected chi connectivity index (χ1v) is 15.8. The molecule has 0 heterocycles. The standard InChI is InChI=1S/C17H42O8Si3/c1-11-18-27(19-12-2,20-13-3)24-26(10,17(7,8)9)25-28(21-14-4,22-15-5)23-16-6/h11-16H2,1-10H3. The first-order chi connectivity index (χ1) is 13.0. The fourth-order valence-corrected chi connectivity index (χ4v) is 13.1. The van der Waals surface area contributed by atoms with E-state index in [0.29, 0.717) is 39.6 Å². The molecule has 0 unspecified atom stereocenters. The van der Waals surface area contributed by atoms with Crippen molar-refractivity contribution in [3.8, 4) is 0 Å². The molecule has 8 nitrogen and oxygen atoms in total. The van der Waals surface area contributed by atoms with E-state index >= 15 is 0 Å². The van der Waals surface area contributed by atoms with Crippen LogP contribution in [0, 0.1) is 0 Å². The molecule has 170 valence electrons. The Hall–Kier alpha value is 0.331. The summed E-state index contributed by atoms with van der Waals surface area (Å²) >= 11 is 0. The van der Waals surface area contributed by atoms with Crippen molar-refractivity contribution >= 4 is 26.7 Å². The first kappa shape index (κ1) is 28.3. The summed E-state index contributed by atoms with van der Waals surface area (Å²) in [4.78, 5) is 0. The van der Waals surface area contributed by atoms with Crippen LogP contribution in [0.5, 0.6) is 0 Å². The zero-order valence-corrected chi connectivity index (χ0v) is 22.5. The van der Waals surface area contributed by atoms with Crippen LogP contribution in [0.4, 0.5) is 0 Å². The SMILES string of the molecule is CCO[Si](OCC)(OCC)O[Si](C)(O[Si](OCC)(OCC)OCC)C(C)(C)C. The molecule has 28 heavy (non-hydrogen) atoms. The lowest BCUT2D eigenvalue weighted by molar-refractivity contribution is -0.0236. The molecule has 0 aromatic carbocycles. The lowest BCUT2D eigenvalue weighted by Crippen LogP contribution is -2.66. The van der Waals surface area contributed by atoms with Crippen LogP contribution in [0.1, 0.15) is 62.3 Å². The van der Waals surface area contributed by atoms with Crippen LogP contribution in [-0.2, 0) is 34.8 Å². The normalized spacial score (nSPS) is 13.9. The molecule has 0 saturated heterocycles. The molecule has 0 N–H and O–H groups in total. The van der Waals surface area contributed by atoms with Crippen molar-refractivity contribution in [2.75, 3.05) is 39.6 Å². The van der Waals surface area contributed by atoms with E-state index < -0.39 is 26.7 Å². The summed E-state index contributed by atoms with van der Waals surface area (Å²) in [5.74, 6) is 0. The first-order valence-electron chi connectivity index (χ1n) is 10.3. The maximum absolute atomic E-state index is 6.59. The van der Waals surface area contributed by atoms with Gasteiger partial charge in [-0.1, -0.05) is 20.8 Å². The summed E-state index contributed by atoms with van der Waals surface area (Å²) in [6.45, 7) is 21.9. The fourth-order valence-electron chi connectivity index (χ4n) is 2.29. The van der Waals surface area contributed by atoms with E-state index in [2.05, 4.69) is 20.8 Å². The van der Waals surface area contributed by atoms with Gasteiger partial charge in [-0.3, -0.25) is 0 Å². The minimum absolute atomic E-state index is 0.361. The van der Waals surface area contributed by atoms with Crippen molar-refractivity contribution < 1.29 is 34.8 Å². The Labute approximate surface area is 175 Å². The van der Waals surface area contributed by atoms with Gasteiger partial charge in [0.25, 0.3) is 0 Å². The second-order valence-electron chi connectivity index (χ2n) is 7.00. The molecule has 0 fully saturated rings. The number of hydrogen-bond donors (Lipinski definition) is 0. The van der Waals surface area contributed by atoms with Crippen LogP contribution >= 0.6 is 0 Å². The van der Waals surface area contributed by atoms with Gasteiger partial charge in [0, 0.05) is 44.7 Å². The molecule has 0 bridgehead atoms.